The van der Waals surface area contributed by atoms with Crippen LogP contribution in [0, 0.1) is 0 Å². The van der Waals surface area contributed by atoms with Crippen LogP contribution in [-0.4, -0.2) is 19.9 Å². The highest BCUT2D eigenvalue weighted by Gasteiger charge is 2.51. The van der Waals surface area contributed by atoms with E-state index in [1.165, 1.54) is 0 Å². The number of nitrogens with zero attached hydrogens (tertiary/aromatic N) is 4. The third kappa shape index (κ3) is 4.89. The van der Waals surface area contributed by atoms with Crippen LogP contribution >= 0.6 is 0 Å². The molecule has 0 bridgehead atoms. The summed E-state index contributed by atoms with van der Waals surface area (Å²) < 4.78 is 13.0. The van der Waals surface area contributed by atoms with Gasteiger partial charge in [0.15, 0.2) is 23.2 Å². The van der Waals surface area contributed by atoms with Crippen LogP contribution < -0.4 is 4.74 Å². The van der Waals surface area contributed by atoms with Gasteiger partial charge in [-0.05, 0) is 52.6 Å². The molecule has 0 saturated heterocycles. The first-order valence-electron chi connectivity index (χ1n) is 18.3. The maximum atomic E-state index is 6.58. The summed E-state index contributed by atoms with van der Waals surface area (Å²) >= 11 is 0. The van der Waals surface area contributed by atoms with Crippen molar-refractivity contribution in [1.82, 2.24) is 19.9 Å². The van der Waals surface area contributed by atoms with E-state index in [9.17, 15) is 0 Å². The monoisotopic (exact) mass is 706 g/mol. The Hall–Kier alpha value is -7.44. The summed E-state index contributed by atoms with van der Waals surface area (Å²) in [5.74, 6) is 4.80. The Morgan fingerprint density at radius 2 is 0.836 bits per heavy atom. The number of hydrogen-bond acceptors (Lipinski definition) is 6. The van der Waals surface area contributed by atoms with Crippen LogP contribution in [0.2, 0.25) is 0 Å². The van der Waals surface area contributed by atoms with E-state index in [-0.39, 0.29) is 0 Å². The van der Waals surface area contributed by atoms with E-state index in [2.05, 4.69) is 72.8 Å². The second-order valence-corrected chi connectivity index (χ2v) is 13.8. The molecule has 0 fully saturated rings. The standard InChI is InChI=1S/C49H30N4O2/c1-4-14-31(15-5-1)44-30-50-48(55-44)35-25-27-39-37(29-35)36-28-34(47-52-45(32-16-6-2-7-17-32)51-46(53-47)33-18-8-3-9-19-33)24-26-38(36)49(39)40-20-10-12-22-42(40)54-43-23-13-11-21-41(43)49/h1-30H. The van der Waals surface area contributed by atoms with Gasteiger partial charge < -0.3 is 9.15 Å². The summed E-state index contributed by atoms with van der Waals surface area (Å²) in [4.78, 5) is 19.9. The highest BCUT2D eigenvalue weighted by molar-refractivity contribution is 5.92. The van der Waals surface area contributed by atoms with Gasteiger partial charge in [0.25, 0.3) is 0 Å². The van der Waals surface area contributed by atoms with Crippen LogP contribution in [0.5, 0.6) is 11.5 Å². The number of ether oxygens (including phenoxy) is 1. The molecule has 2 aliphatic rings. The number of aromatic nitrogens is 4. The minimum Gasteiger partial charge on any atom is -0.457 e. The van der Waals surface area contributed by atoms with E-state index in [0.717, 1.165) is 78.5 Å². The molecule has 55 heavy (non-hydrogen) atoms. The van der Waals surface area contributed by atoms with Crippen molar-refractivity contribution in [3.63, 3.8) is 0 Å². The molecule has 1 spiro atoms. The third-order valence-corrected chi connectivity index (χ3v) is 10.7. The van der Waals surface area contributed by atoms with Gasteiger partial charge in [0.05, 0.1) is 11.6 Å². The van der Waals surface area contributed by atoms with E-state index in [1.54, 1.807) is 6.20 Å². The second-order valence-electron chi connectivity index (χ2n) is 13.8. The molecule has 11 rings (SSSR count). The van der Waals surface area contributed by atoms with E-state index in [0.29, 0.717) is 23.4 Å². The first kappa shape index (κ1) is 31.1. The topological polar surface area (TPSA) is 73.9 Å². The Kier molecular flexibility index (Phi) is 6.97. The normalized spacial score (nSPS) is 13.0. The Bertz CT molecular complexity index is 2800. The lowest BCUT2D eigenvalue weighted by Crippen LogP contribution is -2.32. The van der Waals surface area contributed by atoms with Gasteiger partial charge in [0.2, 0.25) is 5.89 Å². The number of fused-ring (bicyclic) bond motifs is 9. The molecule has 0 saturated carbocycles. The summed E-state index contributed by atoms with van der Waals surface area (Å²) in [5.41, 5.74) is 10.6. The van der Waals surface area contributed by atoms with E-state index < -0.39 is 5.41 Å². The molecule has 6 nitrogen and oxygen atoms in total. The zero-order valence-electron chi connectivity index (χ0n) is 29.4. The van der Waals surface area contributed by atoms with Crippen molar-refractivity contribution in [2.45, 2.75) is 5.41 Å². The Balaban J connectivity index is 1.15. The molecule has 1 aliphatic heterocycles. The summed E-state index contributed by atoms with van der Waals surface area (Å²) in [6.45, 7) is 0. The van der Waals surface area contributed by atoms with Crippen LogP contribution in [-0.2, 0) is 5.41 Å². The molecular weight excluding hydrogens is 677 g/mol. The quantitative estimate of drug-likeness (QED) is 0.177. The predicted molar refractivity (Wildman–Crippen MR) is 214 cm³/mol. The van der Waals surface area contributed by atoms with Crippen molar-refractivity contribution in [3.8, 4) is 79.6 Å². The zero-order chi connectivity index (χ0) is 36.3. The molecular formula is C49H30N4O2. The number of para-hydroxylation sites is 2. The number of benzene rings is 7. The summed E-state index contributed by atoms with van der Waals surface area (Å²) in [5, 5.41) is 0. The maximum Gasteiger partial charge on any atom is 0.226 e. The molecule has 258 valence electrons. The smallest absolute Gasteiger partial charge is 0.226 e. The Morgan fingerprint density at radius 3 is 1.40 bits per heavy atom. The fourth-order valence-electron chi connectivity index (χ4n) is 8.26. The maximum absolute atomic E-state index is 6.58. The van der Waals surface area contributed by atoms with Gasteiger partial charge in [0, 0.05) is 38.9 Å². The first-order valence-corrected chi connectivity index (χ1v) is 18.3. The summed E-state index contributed by atoms with van der Waals surface area (Å²) in [6.07, 6.45) is 1.80. The van der Waals surface area contributed by atoms with Gasteiger partial charge in [-0.25, -0.2) is 19.9 Å². The molecule has 6 heteroatoms. The van der Waals surface area contributed by atoms with E-state index in [4.69, 9.17) is 29.1 Å². The minimum atomic E-state index is -0.636. The highest BCUT2D eigenvalue weighted by atomic mass is 16.5. The molecule has 0 amide bonds. The molecule has 0 unspecified atom stereocenters. The molecule has 7 aromatic carbocycles. The second kappa shape index (κ2) is 12.3. The fourth-order valence-corrected chi connectivity index (χ4v) is 8.26. The van der Waals surface area contributed by atoms with Crippen LogP contribution in [0.25, 0.3) is 68.1 Å². The number of oxazole rings is 1. The van der Waals surface area contributed by atoms with Crippen molar-refractivity contribution in [1.29, 1.82) is 0 Å². The van der Waals surface area contributed by atoms with Gasteiger partial charge in [-0.15, -0.1) is 0 Å². The van der Waals surface area contributed by atoms with Crippen molar-refractivity contribution < 1.29 is 9.15 Å². The average molecular weight is 707 g/mol. The molecule has 0 radical (unpaired) electrons. The van der Waals surface area contributed by atoms with Crippen LogP contribution in [0.3, 0.4) is 0 Å². The number of rotatable bonds is 5. The average Bonchev–Trinajstić information content (AvgIpc) is 3.87. The van der Waals surface area contributed by atoms with Crippen molar-refractivity contribution in [2.75, 3.05) is 0 Å². The van der Waals surface area contributed by atoms with E-state index >= 15 is 0 Å². The van der Waals surface area contributed by atoms with Crippen molar-refractivity contribution >= 4 is 0 Å². The SMILES string of the molecule is c1ccc(-c2nc(-c3ccccc3)nc(-c3ccc4c(c3)-c3cc(-c5ncc(-c6ccccc6)o5)ccc3C43c4ccccc4Oc4ccccc43)n2)cc1. The Morgan fingerprint density at radius 1 is 0.382 bits per heavy atom. The molecule has 1 aliphatic carbocycles. The van der Waals surface area contributed by atoms with Crippen molar-refractivity contribution in [2.24, 2.45) is 0 Å². The van der Waals surface area contributed by atoms with Gasteiger partial charge in [-0.2, -0.15) is 0 Å². The van der Waals surface area contributed by atoms with E-state index in [1.807, 2.05) is 103 Å². The van der Waals surface area contributed by atoms with Crippen molar-refractivity contribution in [3.05, 3.63) is 204 Å². The molecule has 3 heterocycles. The minimum absolute atomic E-state index is 0.561. The summed E-state index contributed by atoms with van der Waals surface area (Å²) in [7, 11) is 0. The molecule has 0 atom stereocenters. The lowest BCUT2D eigenvalue weighted by atomic mass is 9.66. The Labute approximate surface area is 317 Å². The third-order valence-electron chi connectivity index (χ3n) is 10.7. The fraction of sp³-hybridized carbons (Fsp3) is 0.0204. The van der Waals surface area contributed by atoms with Gasteiger partial charge in [-0.1, -0.05) is 146 Å². The largest absolute Gasteiger partial charge is 0.457 e. The number of hydrogen-bond donors (Lipinski definition) is 0. The van der Waals surface area contributed by atoms with Gasteiger partial charge in [-0.3, -0.25) is 0 Å². The molecule has 0 N–H and O–H groups in total. The van der Waals surface area contributed by atoms with Gasteiger partial charge >= 0.3 is 0 Å². The zero-order valence-corrected chi connectivity index (χ0v) is 29.4. The van der Waals surface area contributed by atoms with Crippen LogP contribution in [0.15, 0.2) is 187 Å². The first-order chi connectivity index (χ1) is 27.2. The lowest BCUT2D eigenvalue weighted by molar-refractivity contribution is 0.436. The lowest BCUT2D eigenvalue weighted by Gasteiger charge is -2.39. The summed E-state index contributed by atoms with van der Waals surface area (Å²) in [6, 6.07) is 60.2. The van der Waals surface area contributed by atoms with Crippen LogP contribution in [0.4, 0.5) is 0 Å². The molecule has 2 aromatic heterocycles. The van der Waals surface area contributed by atoms with Crippen LogP contribution in [0.1, 0.15) is 22.3 Å². The van der Waals surface area contributed by atoms with Gasteiger partial charge in [0.1, 0.15) is 11.5 Å². The predicted octanol–water partition coefficient (Wildman–Crippen LogP) is 11.7. The molecule has 9 aromatic rings. The highest BCUT2D eigenvalue weighted by Crippen LogP contribution is 2.62.